The van der Waals surface area contributed by atoms with Crippen molar-refractivity contribution in [3.8, 4) is 0 Å². The van der Waals surface area contributed by atoms with Crippen LogP contribution in [0, 0.1) is 11.7 Å². The summed E-state index contributed by atoms with van der Waals surface area (Å²) in [4.78, 5) is 4.08. The molecule has 2 rings (SSSR count). The monoisotopic (exact) mass is 300 g/mol. The molecular formula is C13H18BrFN2. The minimum absolute atomic E-state index is 0.290. The summed E-state index contributed by atoms with van der Waals surface area (Å²) in [5.41, 5.74) is 0. The highest BCUT2D eigenvalue weighted by atomic mass is 79.9. The van der Waals surface area contributed by atoms with Gasteiger partial charge in [0, 0.05) is 16.7 Å². The molecule has 0 aromatic carbocycles. The van der Waals surface area contributed by atoms with Gasteiger partial charge in [-0.05, 0) is 47.7 Å². The van der Waals surface area contributed by atoms with E-state index in [1.54, 1.807) is 6.20 Å². The lowest BCUT2D eigenvalue weighted by atomic mass is 9.84. The van der Waals surface area contributed by atoms with Gasteiger partial charge in [-0.15, -0.1) is 0 Å². The van der Waals surface area contributed by atoms with Crippen LogP contribution in [0.4, 0.5) is 10.2 Å². The van der Waals surface area contributed by atoms with Crippen LogP contribution in [0.25, 0.3) is 0 Å². The van der Waals surface area contributed by atoms with Crippen LogP contribution in [-0.4, -0.2) is 11.0 Å². The molecule has 1 aliphatic carbocycles. The largest absolute Gasteiger partial charge is 0.365 e. The maximum Gasteiger partial charge on any atom is 0.166 e. The zero-order valence-corrected chi connectivity index (χ0v) is 11.6. The first-order valence-corrected chi connectivity index (χ1v) is 7.03. The van der Waals surface area contributed by atoms with Crippen LogP contribution in [0.2, 0.25) is 0 Å². The summed E-state index contributed by atoms with van der Waals surface area (Å²) in [7, 11) is 0. The minimum atomic E-state index is -0.290. The average molecular weight is 301 g/mol. The number of hydrogen-bond donors (Lipinski definition) is 1. The smallest absolute Gasteiger partial charge is 0.166 e. The van der Waals surface area contributed by atoms with Gasteiger partial charge < -0.3 is 5.32 Å². The highest BCUT2D eigenvalue weighted by Crippen LogP contribution is 2.28. The number of rotatable bonds is 3. The lowest BCUT2D eigenvalue weighted by Crippen LogP contribution is -2.28. The van der Waals surface area contributed by atoms with E-state index in [4.69, 9.17) is 0 Å². The van der Waals surface area contributed by atoms with Gasteiger partial charge in [-0.2, -0.15) is 0 Å². The average Bonchev–Trinajstić information content (AvgIpc) is 2.34. The molecule has 1 N–H and O–H groups in total. The maximum absolute atomic E-state index is 13.6. The number of pyridine rings is 1. The lowest BCUT2D eigenvalue weighted by molar-refractivity contribution is 0.327. The van der Waals surface area contributed by atoms with Gasteiger partial charge >= 0.3 is 0 Å². The van der Waals surface area contributed by atoms with E-state index in [0.717, 1.165) is 0 Å². The molecule has 17 heavy (non-hydrogen) atoms. The van der Waals surface area contributed by atoms with Crippen molar-refractivity contribution in [1.82, 2.24) is 4.98 Å². The fourth-order valence-corrected chi connectivity index (χ4v) is 2.79. The van der Waals surface area contributed by atoms with E-state index >= 15 is 0 Å². The van der Waals surface area contributed by atoms with E-state index in [-0.39, 0.29) is 5.82 Å². The first kappa shape index (κ1) is 12.8. The van der Waals surface area contributed by atoms with Gasteiger partial charge in [0.2, 0.25) is 0 Å². The van der Waals surface area contributed by atoms with Crippen molar-refractivity contribution in [2.45, 2.75) is 45.1 Å². The van der Waals surface area contributed by atoms with Crippen LogP contribution in [0.1, 0.15) is 39.0 Å². The first-order valence-electron chi connectivity index (χ1n) is 6.24. The third-order valence-corrected chi connectivity index (χ3v) is 3.96. The fraction of sp³-hybridized carbons (Fsp3) is 0.615. The molecular weight excluding hydrogens is 283 g/mol. The summed E-state index contributed by atoms with van der Waals surface area (Å²) >= 11 is 3.21. The predicted octanol–water partition coefficient (Wildman–Crippen LogP) is 4.36. The van der Waals surface area contributed by atoms with Crippen molar-refractivity contribution in [2.24, 2.45) is 5.92 Å². The molecule has 0 radical (unpaired) electrons. The molecule has 1 saturated carbocycles. The zero-order valence-electron chi connectivity index (χ0n) is 10.0. The second-order valence-electron chi connectivity index (χ2n) is 4.82. The molecule has 1 atom stereocenters. The second-order valence-corrected chi connectivity index (χ2v) is 5.73. The molecule has 1 aromatic heterocycles. The molecule has 0 saturated heterocycles. The Morgan fingerprint density at radius 2 is 2.12 bits per heavy atom. The molecule has 1 unspecified atom stereocenters. The van der Waals surface area contributed by atoms with Gasteiger partial charge in [-0.1, -0.05) is 19.3 Å². The maximum atomic E-state index is 13.6. The molecule has 94 valence electrons. The van der Waals surface area contributed by atoms with Crippen molar-refractivity contribution in [3.05, 3.63) is 22.6 Å². The van der Waals surface area contributed by atoms with Crippen LogP contribution >= 0.6 is 15.9 Å². The van der Waals surface area contributed by atoms with Crippen molar-refractivity contribution in [1.29, 1.82) is 0 Å². The number of aromatic nitrogens is 1. The summed E-state index contributed by atoms with van der Waals surface area (Å²) in [6.45, 7) is 2.12. The predicted molar refractivity (Wildman–Crippen MR) is 71.6 cm³/mol. The van der Waals surface area contributed by atoms with Gasteiger partial charge in [0.15, 0.2) is 11.6 Å². The molecule has 1 heterocycles. The van der Waals surface area contributed by atoms with Crippen molar-refractivity contribution in [3.63, 3.8) is 0 Å². The molecule has 0 spiro atoms. The Bertz CT molecular complexity index is 378. The highest BCUT2D eigenvalue weighted by Gasteiger charge is 2.21. The third-order valence-electron chi connectivity index (χ3n) is 3.53. The van der Waals surface area contributed by atoms with Crippen LogP contribution in [0.3, 0.4) is 0 Å². The van der Waals surface area contributed by atoms with Crippen molar-refractivity contribution in [2.75, 3.05) is 5.32 Å². The first-order chi connectivity index (χ1) is 8.16. The number of anilines is 1. The normalized spacial score (nSPS) is 19.0. The number of nitrogens with one attached hydrogen (secondary N) is 1. The fourth-order valence-electron chi connectivity index (χ4n) is 2.49. The zero-order chi connectivity index (χ0) is 12.3. The molecule has 1 aliphatic rings. The van der Waals surface area contributed by atoms with E-state index in [1.165, 1.54) is 38.2 Å². The second kappa shape index (κ2) is 5.80. The van der Waals surface area contributed by atoms with Crippen molar-refractivity contribution >= 4 is 21.7 Å². The van der Waals surface area contributed by atoms with Gasteiger partial charge in [0.1, 0.15) is 0 Å². The van der Waals surface area contributed by atoms with Crippen LogP contribution in [-0.2, 0) is 0 Å². The van der Waals surface area contributed by atoms with Crippen molar-refractivity contribution < 1.29 is 4.39 Å². The molecule has 2 nitrogen and oxygen atoms in total. The summed E-state index contributed by atoms with van der Waals surface area (Å²) in [6, 6.07) is 1.74. The summed E-state index contributed by atoms with van der Waals surface area (Å²) in [5, 5.41) is 3.20. The number of nitrogens with zero attached hydrogens (tertiary/aromatic N) is 1. The Hall–Kier alpha value is -0.640. The topological polar surface area (TPSA) is 24.9 Å². The van der Waals surface area contributed by atoms with Crippen LogP contribution in [0.5, 0.6) is 0 Å². The number of halogens is 2. The van der Waals surface area contributed by atoms with Gasteiger partial charge in [0.25, 0.3) is 0 Å². The molecule has 4 heteroatoms. The quantitative estimate of drug-likeness (QED) is 0.897. The van der Waals surface area contributed by atoms with E-state index in [0.29, 0.717) is 22.3 Å². The third kappa shape index (κ3) is 3.41. The minimum Gasteiger partial charge on any atom is -0.365 e. The van der Waals surface area contributed by atoms with Crippen LogP contribution < -0.4 is 5.32 Å². The van der Waals surface area contributed by atoms with Crippen LogP contribution in [0.15, 0.2) is 16.7 Å². The Kier molecular flexibility index (Phi) is 4.37. The van der Waals surface area contributed by atoms with Gasteiger partial charge in [-0.25, -0.2) is 9.37 Å². The number of hydrogen-bond acceptors (Lipinski definition) is 2. The Morgan fingerprint density at radius 3 is 2.76 bits per heavy atom. The molecule has 1 aromatic rings. The van der Waals surface area contributed by atoms with E-state index in [9.17, 15) is 4.39 Å². The lowest BCUT2D eigenvalue weighted by Gasteiger charge is -2.28. The Labute approximate surface area is 110 Å². The summed E-state index contributed by atoms with van der Waals surface area (Å²) in [5.74, 6) is 0.724. The molecule has 1 fully saturated rings. The standard InChI is InChI=1S/C13H18BrFN2/c1-9(10-5-3-2-4-6-10)17-13-12(15)7-11(14)8-16-13/h7-10H,2-6H2,1H3,(H,16,17). The summed E-state index contributed by atoms with van der Waals surface area (Å²) in [6.07, 6.45) is 8.05. The van der Waals surface area contributed by atoms with Gasteiger partial charge in [-0.3, -0.25) is 0 Å². The van der Waals surface area contributed by atoms with Gasteiger partial charge in [0.05, 0.1) is 0 Å². The molecule has 0 aliphatic heterocycles. The summed E-state index contributed by atoms with van der Waals surface area (Å²) < 4.78 is 14.3. The highest BCUT2D eigenvalue weighted by molar-refractivity contribution is 9.10. The SMILES string of the molecule is CC(Nc1ncc(Br)cc1F)C1CCCCC1. The van der Waals surface area contributed by atoms with E-state index in [2.05, 4.69) is 33.2 Å². The Balaban J connectivity index is 1.99. The Morgan fingerprint density at radius 1 is 1.41 bits per heavy atom. The van der Waals surface area contributed by atoms with E-state index in [1.807, 2.05) is 0 Å². The molecule has 0 amide bonds. The van der Waals surface area contributed by atoms with E-state index < -0.39 is 0 Å². The molecule has 0 bridgehead atoms.